The number of aryl methyl sites for hydroxylation is 2. The topological polar surface area (TPSA) is 54.1 Å². The Balaban J connectivity index is 0.00000372. The quantitative estimate of drug-likeness (QED) is 0.113. The summed E-state index contributed by atoms with van der Waals surface area (Å²) in [6, 6.07) is 31.0. The van der Waals surface area contributed by atoms with Crippen molar-refractivity contribution in [1.29, 1.82) is 0 Å². The van der Waals surface area contributed by atoms with E-state index < -0.39 is 0 Å². The van der Waals surface area contributed by atoms with Gasteiger partial charge in [0.25, 0.3) is 0 Å². The average Bonchev–Trinajstić information content (AvgIpc) is 3.68. The molecule has 9 heteroatoms. The number of rotatable bonds is 8. The van der Waals surface area contributed by atoms with Crippen LogP contribution in [0, 0.1) is 26.0 Å². The maximum absolute atomic E-state index is 6.36. The van der Waals surface area contributed by atoms with Crippen molar-refractivity contribution in [3.05, 3.63) is 115 Å². The molecular formula is C37H30N4O2PtS2. The fourth-order valence-electron chi connectivity index (χ4n) is 5.89. The minimum atomic E-state index is 0. The Morgan fingerprint density at radius 2 is 1.57 bits per heavy atom. The monoisotopic (exact) mass is 821 g/mol. The first-order valence-electron chi connectivity index (χ1n) is 14.4. The zero-order valence-corrected chi connectivity index (χ0v) is 29.8. The first-order chi connectivity index (χ1) is 22.0. The van der Waals surface area contributed by atoms with Gasteiger partial charge in [0, 0.05) is 56.4 Å². The number of nitrogens with zero attached hydrogens (tertiary/aromatic N) is 4. The average molecular weight is 822 g/mol. The van der Waals surface area contributed by atoms with Crippen LogP contribution in [0.2, 0.25) is 0 Å². The molecule has 0 radical (unpaired) electrons. The van der Waals surface area contributed by atoms with E-state index in [1.54, 1.807) is 36.8 Å². The second kappa shape index (κ2) is 13.4. The molecule has 0 aliphatic rings. The number of pyridine rings is 1. The molecule has 0 saturated heterocycles. The summed E-state index contributed by atoms with van der Waals surface area (Å²) in [5.41, 5.74) is 7.54. The van der Waals surface area contributed by atoms with Crippen LogP contribution in [0.15, 0.2) is 101 Å². The molecule has 0 unspecified atom stereocenters. The summed E-state index contributed by atoms with van der Waals surface area (Å²) < 4.78 is 15.8. The van der Waals surface area contributed by atoms with Gasteiger partial charge in [-0.2, -0.15) is 17.2 Å². The Kier molecular flexibility index (Phi) is 9.32. The van der Waals surface area contributed by atoms with Gasteiger partial charge in [0.2, 0.25) is 0 Å². The number of thioether (sulfide) groups is 2. The third kappa shape index (κ3) is 5.74. The maximum Gasteiger partial charge on any atom is 2.00 e. The molecule has 0 fully saturated rings. The molecule has 6 nitrogen and oxygen atoms in total. The first kappa shape index (κ1) is 32.0. The van der Waals surface area contributed by atoms with E-state index in [4.69, 9.17) is 14.6 Å². The van der Waals surface area contributed by atoms with E-state index in [2.05, 4.69) is 78.5 Å². The minimum absolute atomic E-state index is 0. The Morgan fingerprint density at radius 3 is 2.33 bits per heavy atom. The van der Waals surface area contributed by atoms with E-state index in [-0.39, 0.29) is 21.1 Å². The van der Waals surface area contributed by atoms with Gasteiger partial charge in [-0.15, -0.1) is 59.2 Å². The SMILES string of the molecule is COc1ccnc(-n2c3[c-]c(Oc4[c-]c(-n5cc(-c6c(SC)c(C)cc(C)c6SC)cn5)ccc4)ccc3c3ccccc32)c1.[Pt+2]. The Bertz CT molecular complexity index is 2180. The standard InChI is InChI=1S/C37H30N4O2S2.Pt/c1-23-17-24(2)37(45-5)35(36(23)44-4)25-21-39-40(22-25)26-9-8-10-28(18-26)43-29-13-14-31-30-11-6-7-12-32(30)41(33(31)19-29)34-20-27(42-3)15-16-38-34;/h6-17,20-22H,1-5H3;/q-2;+2. The molecule has 0 bridgehead atoms. The van der Waals surface area contributed by atoms with E-state index in [9.17, 15) is 0 Å². The fraction of sp³-hybridized carbons (Fsp3) is 0.135. The molecule has 232 valence electrons. The van der Waals surface area contributed by atoms with Crippen molar-refractivity contribution in [2.24, 2.45) is 0 Å². The van der Waals surface area contributed by atoms with Crippen LogP contribution in [0.3, 0.4) is 0 Å². The first-order valence-corrected chi connectivity index (χ1v) is 16.9. The Labute approximate surface area is 291 Å². The molecule has 0 amide bonds. The van der Waals surface area contributed by atoms with Gasteiger partial charge in [-0.1, -0.05) is 29.8 Å². The maximum atomic E-state index is 6.36. The van der Waals surface area contributed by atoms with Gasteiger partial charge in [0.1, 0.15) is 11.6 Å². The molecule has 0 atom stereocenters. The van der Waals surface area contributed by atoms with Crippen LogP contribution in [0.25, 0.3) is 44.4 Å². The molecule has 0 saturated carbocycles. The summed E-state index contributed by atoms with van der Waals surface area (Å²) in [7, 11) is 1.66. The third-order valence-electron chi connectivity index (χ3n) is 7.84. The van der Waals surface area contributed by atoms with Crippen molar-refractivity contribution in [3.8, 4) is 39.9 Å². The molecule has 3 aromatic heterocycles. The molecule has 0 N–H and O–H groups in total. The summed E-state index contributed by atoms with van der Waals surface area (Å²) in [6.45, 7) is 4.35. The van der Waals surface area contributed by atoms with Gasteiger partial charge in [0.05, 0.1) is 13.3 Å². The van der Waals surface area contributed by atoms with Crippen LogP contribution in [0.4, 0.5) is 0 Å². The molecule has 46 heavy (non-hydrogen) atoms. The Hall–Kier alpha value is -3.97. The van der Waals surface area contributed by atoms with Crippen molar-refractivity contribution < 1.29 is 30.5 Å². The second-order valence-electron chi connectivity index (χ2n) is 10.6. The van der Waals surface area contributed by atoms with Crippen molar-refractivity contribution >= 4 is 45.3 Å². The van der Waals surface area contributed by atoms with Gasteiger partial charge >= 0.3 is 21.1 Å². The van der Waals surface area contributed by atoms with Crippen molar-refractivity contribution in [3.63, 3.8) is 0 Å². The molecule has 3 heterocycles. The van der Waals surface area contributed by atoms with Crippen LogP contribution >= 0.6 is 23.5 Å². The molecule has 0 spiro atoms. The summed E-state index contributed by atoms with van der Waals surface area (Å²) in [4.78, 5) is 7.20. The Morgan fingerprint density at radius 1 is 0.804 bits per heavy atom. The van der Waals surface area contributed by atoms with Crippen LogP contribution < -0.4 is 9.47 Å². The van der Waals surface area contributed by atoms with Gasteiger partial charge in [-0.25, -0.2) is 4.98 Å². The van der Waals surface area contributed by atoms with Gasteiger partial charge in [-0.3, -0.25) is 4.68 Å². The summed E-state index contributed by atoms with van der Waals surface area (Å²) in [6.07, 6.45) is 10.0. The van der Waals surface area contributed by atoms with Gasteiger partial charge < -0.3 is 14.0 Å². The zero-order chi connectivity index (χ0) is 31.1. The van der Waals surface area contributed by atoms with Gasteiger partial charge in [0.15, 0.2) is 0 Å². The number of ether oxygens (including phenoxy) is 2. The van der Waals surface area contributed by atoms with Crippen molar-refractivity contribution in [1.82, 2.24) is 19.3 Å². The smallest absolute Gasteiger partial charge is 0.509 e. The molecule has 4 aromatic carbocycles. The number of fused-ring (bicyclic) bond motifs is 3. The number of aromatic nitrogens is 4. The van der Waals surface area contributed by atoms with E-state index in [0.29, 0.717) is 11.5 Å². The van der Waals surface area contributed by atoms with E-state index >= 15 is 0 Å². The van der Waals surface area contributed by atoms with E-state index in [0.717, 1.165) is 44.6 Å². The normalized spacial score (nSPS) is 11.2. The predicted octanol–water partition coefficient (Wildman–Crippen LogP) is 9.49. The number of para-hydroxylation sites is 1. The van der Waals surface area contributed by atoms with Crippen LogP contribution in [-0.4, -0.2) is 39.0 Å². The molecular weight excluding hydrogens is 792 g/mol. The van der Waals surface area contributed by atoms with Gasteiger partial charge in [-0.05, 0) is 60.7 Å². The van der Waals surface area contributed by atoms with Crippen LogP contribution in [0.1, 0.15) is 11.1 Å². The number of hydrogen-bond acceptors (Lipinski definition) is 6. The summed E-state index contributed by atoms with van der Waals surface area (Å²) >= 11 is 3.55. The summed E-state index contributed by atoms with van der Waals surface area (Å²) in [5, 5.41) is 6.90. The molecule has 7 aromatic rings. The third-order valence-corrected chi connectivity index (χ3v) is 9.71. The molecule has 7 rings (SSSR count). The predicted molar refractivity (Wildman–Crippen MR) is 185 cm³/mol. The largest absolute Gasteiger partial charge is 2.00 e. The minimum Gasteiger partial charge on any atom is -0.509 e. The van der Waals surface area contributed by atoms with E-state index in [1.807, 2.05) is 59.4 Å². The molecule has 0 aliphatic carbocycles. The van der Waals surface area contributed by atoms with Crippen molar-refractivity contribution in [2.45, 2.75) is 23.6 Å². The number of benzene rings is 4. The zero-order valence-electron chi connectivity index (χ0n) is 25.9. The second-order valence-corrected chi connectivity index (χ2v) is 12.3. The fourth-order valence-corrected chi connectivity index (χ4v) is 7.57. The van der Waals surface area contributed by atoms with Crippen LogP contribution in [0.5, 0.6) is 17.2 Å². The number of methoxy groups -OCH3 is 1. The number of hydrogen-bond donors (Lipinski definition) is 0. The van der Waals surface area contributed by atoms with Crippen LogP contribution in [-0.2, 0) is 21.1 Å². The van der Waals surface area contributed by atoms with E-state index in [1.165, 1.54) is 26.5 Å². The van der Waals surface area contributed by atoms with Crippen molar-refractivity contribution in [2.75, 3.05) is 19.6 Å². The summed E-state index contributed by atoms with van der Waals surface area (Å²) in [5.74, 6) is 2.63. The molecule has 0 aliphatic heterocycles.